The molecule has 3 aliphatic rings. The number of methoxy groups -OCH3 is 1. The zero-order chi connectivity index (χ0) is 40.1. The van der Waals surface area contributed by atoms with Gasteiger partial charge in [0.25, 0.3) is 0 Å². The van der Waals surface area contributed by atoms with Crippen LogP contribution in [-0.4, -0.2) is 63.6 Å². The van der Waals surface area contributed by atoms with Crippen molar-refractivity contribution in [3.05, 3.63) is 89.7 Å². The maximum absolute atomic E-state index is 13.3. The van der Waals surface area contributed by atoms with Gasteiger partial charge in [0, 0.05) is 37.4 Å². The molecular weight excluding hydrogens is 727 g/mol. The van der Waals surface area contributed by atoms with Crippen molar-refractivity contribution in [2.75, 3.05) is 7.11 Å². The third-order valence-corrected chi connectivity index (χ3v) is 11.4. The molecule has 0 radical (unpaired) electrons. The van der Waals surface area contributed by atoms with Crippen LogP contribution in [0.5, 0.6) is 5.75 Å². The highest BCUT2D eigenvalue weighted by molar-refractivity contribution is 5.74. The van der Waals surface area contributed by atoms with E-state index >= 15 is 0 Å². The minimum atomic E-state index is -0.434. The number of cyclic esters (lactones) is 1. The van der Waals surface area contributed by atoms with Crippen molar-refractivity contribution in [2.24, 2.45) is 23.7 Å². The van der Waals surface area contributed by atoms with E-state index in [1.165, 1.54) is 5.57 Å². The summed E-state index contributed by atoms with van der Waals surface area (Å²) in [6.07, 6.45) is 14.6. The van der Waals surface area contributed by atoms with Crippen LogP contribution >= 0.6 is 0 Å². The zero-order valence-electron chi connectivity index (χ0n) is 33.3. The van der Waals surface area contributed by atoms with Crippen molar-refractivity contribution < 1.29 is 38.5 Å². The average molecular weight is 784 g/mol. The number of unbranched alkanes of at least 4 members (excludes halogenated alkanes) is 3. The number of amides is 2. The number of nitrogens with zero attached hydrogens (tertiary/aromatic N) is 3. The van der Waals surface area contributed by atoms with Crippen LogP contribution in [0.25, 0.3) is 11.3 Å². The molecule has 0 unspecified atom stereocenters. The molecule has 1 aliphatic heterocycles. The zero-order valence-corrected chi connectivity index (χ0v) is 33.3. The number of hydrogen-bond acceptors (Lipinski definition) is 10. The van der Waals surface area contributed by atoms with E-state index < -0.39 is 6.09 Å². The Bertz CT molecular complexity index is 1840. The number of ether oxygens (including phenoxy) is 4. The Morgan fingerprint density at radius 3 is 2.53 bits per heavy atom. The van der Waals surface area contributed by atoms with E-state index in [-0.39, 0.29) is 60.3 Å². The van der Waals surface area contributed by atoms with Crippen LogP contribution in [0.1, 0.15) is 89.2 Å². The number of benzene rings is 2. The second-order valence-electron chi connectivity index (χ2n) is 15.8. The molecule has 2 amide bonds. The maximum atomic E-state index is 13.3. The van der Waals surface area contributed by atoms with Gasteiger partial charge in [-0.2, -0.15) is 0 Å². The summed E-state index contributed by atoms with van der Waals surface area (Å²) in [4.78, 5) is 37.1. The molecule has 2 heterocycles. The van der Waals surface area contributed by atoms with E-state index in [1.54, 1.807) is 12.6 Å². The predicted octanol–water partition coefficient (Wildman–Crippen LogP) is 7.48. The molecule has 0 spiro atoms. The van der Waals surface area contributed by atoms with Gasteiger partial charge in [-0.15, -0.1) is 5.10 Å². The van der Waals surface area contributed by atoms with Crippen molar-refractivity contribution in [2.45, 2.75) is 116 Å². The molecule has 1 saturated heterocycles. The molecule has 2 aliphatic carbocycles. The van der Waals surface area contributed by atoms with Crippen LogP contribution in [0.4, 0.5) is 4.79 Å². The summed E-state index contributed by atoms with van der Waals surface area (Å²) >= 11 is 0. The highest BCUT2D eigenvalue weighted by Gasteiger charge is 2.42. The number of aryl methyl sites for hydroxylation is 1. The van der Waals surface area contributed by atoms with Gasteiger partial charge in [-0.05, 0) is 78.7 Å². The number of fused-ring (bicyclic) bond motifs is 1. The van der Waals surface area contributed by atoms with Crippen LogP contribution in [0.15, 0.2) is 78.5 Å². The monoisotopic (exact) mass is 783 g/mol. The van der Waals surface area contributed by atoms with Crippen LogP contribution in [-0.2, 0) is 43.5 Å². The number of carbonyl (C=O) groups is 3. The van der Waals surface area contributed by atoms with Gasteiger partial charge in [-0.25, -0.2) is 10.3 Å². The molecule has 2 aromatic carbocycles. The quantitative estimate of drug-likeness (QED) is 0.0510. The topological polar surface area (TPSA) is 163 Å². The summed E-state index contributed by atoms with van der Waals surface area (Å²) in [6, 6.07) is 15.6. The Labute approximate surface area is 335 Å². The highest BCUT2D eigenvalue weighted by Crippen LogP contribution is 2.45. The molecule has 306 valence electrons. The summed E-state index contributed by atoms with van der Waals surface area (Å²) < 4.78 is 25.3. The fourth-order valence-corrected chi connectivity index (χ4v) is 8.34. The Morgan fingerprint density at radius 1 is 0.982 bits per heavy atom. The number of rotatable bonds is 18. The first-order valence-corrected chi connectivity index (χ1v) is 20.4. The summed E-state index contributed by atoms with van der Waals surface area (Å²) in [5.74, 6) is 1.04. The van der Waals surface area contributed by atoms with Crippen molar-refractivity contribution >= 4 is 18.0 Å². The van der Waals surface area contributed by atoms with Crippen molar-refractivity contribution in [3.63, 3.8) is 0 Å². The molecular formula is C44H57N5O8. The number of hydrogen-bond donors (Lipinski definition) is 3. The van der Waals surface area contributed by atoms with Gasteiger partial charge >= 0.3 is 12.1 Å². The second-order valence-corrected chi connectivity index (χ2v) is 15.8. The lowest BCUT2D eigenvalue weighted by molar-refractivity contribution is -0.164. The number of allylic oxidation sites excluding steroid dienone is 3. The third kappa shape index (κ3) is 12.0. The summed E-state index contributed by atoms with van der Waals surface area (Å²) in [5.41, 5.74) is 6.55. The lowest BCUT2D eigenvalue weighted by atomic mass is 9.65. The molecule has 7 atom stereocenters. The van der Waals surface area contributed by atoms with E-state index in [0.29, 0.717) is 26.0 Å². The first-order chi connectivity index (χ1) is 27.7. The van der Waals surface area contributed by atoms with Crippen LogP contribution in [0.2, 0.25) is 0 Å². The SMILES string of the molecule is COc1ccc(CO[C@H]2CC(=O)O[C@H](CC[C@@H]3[C@@H]4C(=C[C@H](C)C[C@@H]4OC(=O)NCc4ccc(-c5cn(CCCCCCC(=O)NO)nn5)cc4)C=C[C@@H]3C)C2)cc1. The van der Waals surface area contributed by atoms with E-state index in [1.807, 2.05) is 59.4 Å². The van der Waals surface area contributed by atoms with E-state index in [0.717, 1.165) is 79.6 Å². The van der Waals surface area contributed by atoms with Crippen LogP contribution in [0, 0.1) is 23.7 Å². The fraction of sp³-hybridized carbons (Fsp3) is 0.523. The van der Waals surface area contributed by atoms with E-state index in [2.05, 4.69) is 47.7 Å². The van der Waals surface area contributed by atoms with E-state index in [4.69, 9.17) is 24.2 Å². The molecule has 6 rings (SSSR count). The summed E-state index contributed by atoms with van der Waals surface area (Å²) in [5, 5.41) is 20.1. The summed E-state index contributed by atoms with van der Waals surface area (Å²) in [7, 11) is 1.64. The molecule has 0 saturated carbocycles. The Kier molecular flexibility index (Phi) is 14.9. The first kappa shape index (κ1) is 41.6. The largest absolute Gasteiger partial charge is 0.497 e. The molecule has 57 heavy (non-hydrogen) atoms. The smallest absolute Gasteiger partial charge is 0.407 e. The Morgan fingerprint density at radius 2 is 1.75 bits per heavy atom. The predicted molar refractivity (Wildman–Crippen MR) is 213 cm³/mol. The molecule has 13 nitrogen and oxygen atoms in total. The van der Waals surface area contributed by atoms with Crippen molar-refractivity contribution in [1.29, 1.82) is 0 Å². The van der Waals surface area contributed by atoms with E-state index in [9.17, 15) is 14.4 Å². The van der Waals surface area contributed by atoms with Gasteiger partial charge in [-0.3, -0.25) is 19.5 Å². The van der Waals surface area contributed by atoms with Gasteiger partial charge in [0.1, 0.15) is 23.7 Å². The molecule has 13 heteroatoms. The molecule has 3 aromatic rings. The Balaban J connectivity index is 0.975. The first-order valence-electron chi connectivity index (χ1n) is 20.4. The number of aromatic nitrogens is 3. The fourth-order valence-electron chi connectivity index (χ4n) is 8.34. The van der Waals surface area contributed by atoms with Gasteiger partial charge in [0.05, 0.1) is 32.4 Å². The summed E-state index contributed by atoms with van der Waals surface area (Å²) in [6.45, 7) is 5.87. The Hall–Kier alpha value is -5.01. The number of esters is 1. The average Bonchev–Trinajstić information content (AvgIpc) is 3.69. The van der Waals surface area contributed by atoms with Gasteiger partial charge in [-0.1, -0.05) is 86.5 Å². The molecule has 1 fully saturated rings. The highest BCUT2D eigenvalue weighted by atomic mass is 16.6. The standard InChI is InChI=1S/C44H57N5O8/c1-29-22-34-14-9-30(2)38(20-19-36-24-37(25-42(51)56-36)55-28-32-12-17-35(54-3)18-13-32)43(34)40(23-29)57-44(52)45-26-31-10-15-33(16-11-31)39-27-49(48-46-39)21-7-5-4-6-8-41(50)47-53/h9-18,22,27,29-30,36-38,40,43,53H,4-8,19-21,23-26,28H2,1-3H3,(H,45,52)(H,47,50)/t29-,30-,36+,37+,38-,40-,43-/m0/s1. The van der Waals surface area contributed by atoms with Gasteiger partial charge in [0.15, 0.2) is 0 Å². The third-order valence-electron chi connectivity index (χ3n) is 11.4. The van der Waals surface area contributed by atoms with Gasteiger partial charge in [0.2, 0.25) is 5.91 Å². The number of nitrogens with one attached hydrogen (secondary N) is 2. The number of hydroxylamine groups is 1. The number of carbonyl (C=O) groups excluding carboxylic acids is 3. The molecule has 1 aromatic heterocycles. The van der Waals surface area contributed by atoms with Crippen LogP contribution < -0.4 is 15.5 Å². The molecule has 3 N–H and O–H groups in total. The minimum absolute atomic E-state index is 0.0566. The lowest BCUT2D eigenvalue weighted by Gasteiger charge is -2.43. The lowest BCUT2D eigenvalue weighted by Crippen LogP contribution is -2.43. The minimum Gasteiger partial charge on any atom is -0.497 e. The normalized spacial score (nSPS) is 24.2. The van der Waals surface area contributed by atoms with Crippen molar-refractivity contribution in [1.82, 2.24) is 25.8 Å². The molecule has 0 bridgehead atoms. The number of alkyl carbamates (subject to hydrolysis) is 1. The van der Waals surface area contributed by atoms with Crippen LogP contribution in [0.3, 0.4) is 0 Å². The second kappa shape index (κ2) is 20.4. The maximum Gasteiger partial charge on any atom is 0.407 e. The van der Waals surface area contributed by atoms with Gasteiger partial charge < -0.3 is 24.3 Å². The van der Waals surface area contributed by atoms with Crippen molar-refractivity contribution in [3.8, 4) is 17.0 Å².